The minimum atomic E-state index is -2.53. The van der Waals surface area contributed by atoms with E-state index in [-0.39, 0.29) is 24.7 Å². The number of fused-ring (bicyclic) bond motifs is 1. The number of amides is 1. The lowest BCUT2D eigenvalue weighted by molar-refractivity contribution is -0.0443. The van der Waals surface area contributed by atoms with Gasteiger partial charge in [-0.3, -0.25) is 9.78 Å². The molecule has 3 heterocycles. The van der Waals surface area contributed by atoms with Gasteiger partial charge >= 0.3 is 0 Å². The number of anilines is 1. The molecule has 0 atom stereocenters. The van der Waals surface area contributed by atoms with E-state index < -0.39 is 5.92 Å². The number of carbonyl (C=O) groups excluding carboxylic acids is 1. The van der Waals surface area contributed by atoms with Crippen molar-refractivity contribution >= 4 is 33.3 Å². The molecular weight excluding hydrogens is 408 g/mol. The summed E-state index contributed by atoms with van der Waals surface area (Å²) in [5.41, 5.74) is 1.79. The molecule has 0 aromatic carbocycles. The number of aryl methyl sites for hydroxylation is 1. The fourth-order valence-corrected chi connectivity index (χ4v) is 4.80. The second kappa shape index (κ2) is 8.59. The second-order valence-corrected chi connectivity index (χ2v) is 8.68. The highest BCUT2D eigenvalue weighted by Crippen LogP contribution is 2.37. The van der Waals surface area contributed by atoms with Crippen LogP contribution in [0.1, 0.15) is 46.5 Å². The van der Waals surface area contributed by atoms with Gasteiger partial charge in [0.1, 0.15) is 17.0 Å². The molecule has 1 saturated carbocycles. The molecule has 6 nitrogen and oxygen atoms in total. The van der Waals surface area contributed by atoms with E-state index in [1.807, 2.05) is 19.1 Å². The summed E-state index contributed by atoms with van der Waals surface area (Å²) in [5.74, 6) is -1.84. The lowest BCUT2D eigenvalue weighted by Crippen LogP contribution is -2.28. The van der Waals surface area contributed by atoms with Gasteiger partial charge in [-0.15, -0.1) is 11.3 Å². The zero-order valence-corrected chi connectivity index (χ0v) is 17.4. The van der Waals surface area contributed by atoms with Gasteiger partial charge < -0.3 is 10.6 Å². The summed E-state index contributed by atoms with van der Waals surface area (Å²) in [5, 5.41) is 7.06. The van der Waals surface area contributed by atoms with E-state index >= 15 is 0 Å². The minimum absolute atomic E-state index is 0.0577. The van der Waals surface area contributed by atoms with Crippen LogP contribution in [0.25, 0.3) is 10.2 Å². The van der Waals surface area contributed by atoms with Crippen LogP contribution < -0.4 is 10.6 Å². The molecule has 158 valence electrons. The topological polar surface area (TPSA) is 79.8 Å². The Morgan fingerprint density at radius 3 is 2.70 bits per heavy atom. The Balaban J connectivity index is 1.46. The largest absolute Gasteiger partial charge is 0.369 e. The number of pyridine rings is 1. The minimum Gasteiger partial charge on any atom is -0.369 e. The van der Waals surface area contributed by atoms with Crippen LogP contribution in [0.15, 0.2) is 30.9 Å². The predicted molar refractivity (Wildman–Crippen MR) is 113 cm³/mol. The smallest absolute Gasteiger partial charge is 0.261 e. The van der Waals surface area contributed by atoms with Crippen LogP contribution in [-0.2, 0) is 6.54 Å². The van der Waals surface area contributed by atoms with Crippen LogP contribution in [0.5, 0.6) is 0 Å². The first-order valence-corrected chi connectivity index (χ1v) is 10.8. The molecule has 1 aliphatic rings. The van der Waals surface area contributed by atoms with E-state index in [1.54, 1.807) is 12.4 Å². The van der Waals surface area contributed by atoms with Crippen LogP contribution in [-0.4, -0.2) is 33.3 Å². The Morgan fingerprint density at radius 1 is 1.23 bits per heavy atom. The van der Waals surface area contributed by atoms with Crippen LogP contribution >= 0.6 is 11.3 Å². The Bertz CT molecular complexity index is 1030. The molecule has 4 rings (SSSR count). The number of aromatic nitrogens is 3. The summed E-state index contributed by atoms with van der Waals surface area (Å²) in [7, 11) is 0. The quantitative estimate of drug-likeness (QED) is 0.598. The summed E-state index contributed by atoms with van der Waals surface area (Å²) in [4.78, 5) is 26.7. The molecule has 1 amide bonds. The van der Waals surface area contributed by atoms with E-state index in [1.165, 1.54) is 17.7 Å². The van der Waals surface area contributed by atoms with E-state index in [2.05, 4.69) is 25.6 Å². The maximum atomic E-state index is 13.4. The number of hydrogen-bond acceptors (Lipinski definition) is 6. The predicted octanol–water partition coefficient (Wildman–Crippen LogP) is 4.56. The lowest BCUT2D eigenvalue weighted by atomic mass is 9.87. The maximum absolute atomic E-state index is 13.4. The van der Waals surface area contributed by atoms with Crippen molar-refractivity contribution in [3.8, 4) is 0 Å². The van der Waals surface area contributed by atoms with Crippen molar-refractivity contribution in [2.75, 3.05) is 11.9 Å². The molecule has 30 heavy (non-hydrogen) atoms. The maximum Gasteiger partial charge on any atom is 0.261 e. The first-order chi connectivity index (χ1) is 14.4. The third-order valence-corrected chi connectivity index (χ3v) is 6.73. The SMILES string of the molecule is Cc1c(C(=O)NCc2ccncc2)sc2ncnc(NCC3CCC(F)(F)CC3)c12. The molecule has 0 unspecified atom stereocenters. The fraction of sp³-hybridized carbons (Fsp3) is 0.429. The number of nitrogens with zero attached hydrogens (tertiary/aromatic N) is 3. The Hall–Kier alpha value is -2.68. The number of nitrogens with one attached hydrogen (secondary N) is 2. The van der Waals surface area contributed by atoms with Gasteiger partial charge in [-0.2, -0.15) is 0 Å². The van der Waals surface area contributed by atoms with Crippen molar-refractivity contribution in [3.05, 3.63) is 46.9 Å². The molecular formula is C21H23F2N5OS. The number of hydrogen-bond donors (Lipinski definition) is 2. The first kappa shape index (κ1) is 20.6. The van der Waals surface area contributed by atoms with Crippen LogP contribution in [0.2, 0.25) is 0 Å². The molecule has 1 fully saturated rings. The normalized spacial score (nSPS) is 16.5. The first-order valence-electron chi connectivity index (χ1n) is 9.96. The van der Waals surface area contributed by atoms with Gasteiger partial charge in [-0.05, 0) is 48.9 Å². The molecule has 0 aliphatic heterocycles. The molecule has 3 aromatic rings. The van der Waals surface area contributed by atoms with Crippen molar-refractivity contribution in [3.63, 3.8) is 0 Å². The Labute approximate surface area is 177 Å². The average molecular weight is 432 g/mol. The molecule has 9 heteroatoms. The van der Waals surface area contributed by atoms with Gasteiger partial charge in [0.05, 0.1) is 10.3 Å². The summed E-state index contributed by atoms with van der Waals surface area (Å²) in [6, 6.07) is 3.71. The van der Waals surface area contributed by atoms with Crippen LogP contribution in [0.3, 0.4) is 0 Å². The van der Waals surface area contributed by atoms with Gasteiger partial charge in [0.25, 0.3) is 5.91 Å². The fourth-order valence-electron chi connectivity index (χ4n) is 3.73. The van der Waals surface area contributed by atoms with Crippen molar-refractivity contribution in [1.29, 1.82) is 0 Å². The van der Waals surface area contributed by atoms with E-state index in [0.29, 0.717) is 36.6 Å². The second-order valence-electron chi connectivity index (χ2n) is 7.68. The lowest BCUT2D eigenvalue weighted by Gasteiger charge is -2.28. The van der Waals surface area contributed by atoms with E-state index in [0.717, 1.165) is 21.3 Å². The summed E-state index contributed by atoms with van der Waals surface area (Å²) < 4.78 is 26.7. The Kier molecular flexibility index (Phi) is 5.90. The number of alkyl halides is 2. The summed E-state index contributed by atoms with van der Waals surface area (Å²) >= 11 is 1.33. The van der Waals surface area contributed by atoms with Gasteiger partial charge in [-0.25, -0.2) is 18.7 Å². The highest BCUT2D eigenvalue weighted by Gasteiger charge is 2.34. The van der Waals surface area contributed by atoms with Crippen molar-refractivity contribution < 1.29 is 13.6 Å². The van der Waals surface area contributed by atoms with Crippen molar-refractivity contribution in [1.82, 2.24) is 20.3 Å². The highest BCUT2D eigenvalue weighted by atomic mass is 32.1. The van der Waals surface area contributed by atoms with Gasteiger partial charge in [0.2, 0.25) is 5.92 Å². The van der Waals surface area contributed by atoms with Gasteiger partial charge in [0.15, 0.2) is 0 Å². The molecule has 0 saturated heterocycles. The van der Waals surface area contributed by atoms with Crippen molar-refractivity contribution in [2.24, 2.45) is 5.92 Å². The average Bonchev–Trinajstić information content (AvgIpc) is 3.09. The van der Waals surface area contributed by atoms with Gasteiger partial charge in [-0.1, -0.05) is 0 Å². The highest BCUT2D eigenvalue weighted by molar-refractivity contribution is 7.20. The van der Waals surface area contributed by atoms with E-state index in [4.69, 9.17) is 0 Å². The van der Waals surface area contributed by atoms with Crippen LogP contribution in [0.4, 0.5) is 14.6 Å². The molecule has 0 spiro atoms. The number of thiophene rings is 1. The Morgan fingerprint density at radius 2 is 1.97 bits per heavy atom. The van der Waals surface area contributed by atoms with Crippen LogP contribution in [0, 0.1) is 12.8 Å². The molecule has 0 bridgehead atoms. The molecule has 1 aliphatic carbocycles. The number of rotatable bonds is 6. The molecule has 3 aromatic heterocycles. The summed E-state index contributed by atoms with van der Waals surface area (Å²) in [6.45, 7) is 2.88. The molecule has 0 radical (unpaired) electrons. The third kappa shape index (κ3) is 4.56. The monoisotopic (exact) mass is 431 g/mol. The zero-order valence-electron chi connectivity index (χ0n) is 16.6. The molecule has 2 N–H and O–H groups in total. The van der Waals surface area contributed by atoms with Gasteiger partial charge in [0, 0.05) is 38.3 Å². The van der Waals surface area contributed by atoms with Crippen molar-refractivity contribution in [2.45, 2.75) is 45.1 Å². The zero-order chi connectivity index (χ0) is 21.1. The standard InChI is InChI=1S/C21H23F2N5OS/c1-13-16-18(25-10-14-2-6-21(22,23)7-3-14)27-12-28-20(16)30-17(13)19(29)26-11-15-4-8-24-9-5-15/h4-5,8-9,12,14H,2-3,6-7,10-11H2,1H3,(H,26,29)(H,25,27,28). The summed E-state index contributed by atoms with van der Waals surface area (Å²) in [6.07, 6.45) is 5.73. The van der Waals surface area contributed by atoms with E-state index in [9.17, 15) is 13.6 Å². The third-order valence-electron chi connectivity index (χ3n) is 5.53. The number of halogens is 2. The number of carbonyl (C=O) groups is 1.